The molecule has 1 N–H and O–H groups in total. The lowest BCUT2D eigenvalue weighted by molar-refractivity contribution is -0.126. The number of carbonyl (C=O) groups is 1. The molecular weight excluding hydrogens is 142 g/mol. The van der Waals surface area contributed by atoms with Crippen LogP contribution in [0.3, 0.4) is 0 Å². The van der Waals surface area contributed by atoms with Crippen molar-refractivity contribution in [3.63, 3.8) is 0 Å². The van der Waals surface area contributed by atoms with Crippen LogP contribution in [0.5, 0.6) is 0 Å². The average molecular weight is 157 g/mol. The van der Waals surface area contributed by atoms with Crippen molar-refractivity contribution in [3.05, 3.63) is 0 Å². The van der Waals surface area contributed by atoms with E-state index in [1.165, 1.54) is 7.11 Å². The highest BCUT2D eigenvalue weighted by atomic mass is 16.5. The van der Waals surface area contributed by atoms with Crippen LogP contribution in [0.15, 0.2) is 0 Å². The van der Waals surface area contributed by atoms with Gasteiger partial charge in [-0.3, -0.25) is 4.79 Å². The molecule has 1 amide bonds. The zero-order valence-electron chi connectivity index (χ0n) is 7.09. The summed E-state index contributed by atoms with van der Waals surface area (Å²) in [6.07, 6.45) is 2.24. The van der Waals surface area contributed by atoms with Crippen molar-refractivity contribution in [3.8, 4) is 0 Å². The first-order valence-corrected chi connectivity index (χ1v) is 4.00. The monoisotopic (exact) mass is 157 g/mol. The molecule has 0 heterocycles. The maximum atomic E-state index is 10.9. The Hall–Kier alpha value is -0.570. The first-order valence-electron chi connectivity index (χ1n) is 4.00. The second kappa shape index (κ2) is 3.72. The molecule has 0 radical (unpaired) electrons. The number of hydrogen-bond acceptors (Lipinski definition) is 2. The lowest BCUT2D eigenvalue weighted by atomic mass is 9.82. The Morgan fingerprint density at radius 1 is 1.64 bits per heavy atom. The highest BCUT2D eigenvalue weighted by Gasteiger charge is 2.26. The Bertz CT molecular complexity index is 141. The molecule has 0 bridgehead atoms. The summed E-state index contributed by atoms with van der Waals surface area (Å²) >= 11 is 0. The molecule has 0 saturated heterocycles. The second-order valence-corrected chi connectivity index (χ2v) is 3.27. The molecule has 0 aliphatic heterocycles. The summed E-state index contributed by atoms with van der Waals surface area (Å²) in [6, 6.07) is 0.410. The van der Waals surface area contributed by atoms with Crippen LogP contribution >= 0.6 is 0 Å². The number of amides is 1. The van der Waals surface area contributed by atoms with E-state index in [4.69, 9.17) is 0 Å². The summed E-state index contributed by atoms with van der Waals surface area (Å²) in [6.45, 7) is 2.38. The molecule has 1 aliphatic carbocycles. The van der Waals surface area contributed by atoms with Crippen molar-refractivity contribution in [2.24, 2.45) is 5.92 Å². The molecule has 1 rings (SSSR count). The van der Waals surface area contributed by atoms with Crippen LogP contribution in [0.4, 0.5) is 0 Å². The molecule has 0 aromatic carbocycles. The summed E-state index contributed by atoms with van der Waals surface area (Å²) in [5, 5.41) is 2.88. The van der Waals surface area contributed by atoms with Crippen LogP contribution in [0.1, 0.15) is 19.8 Å². The van der Waals surface area contributed by atoms with E-state index in [0.29, 0.717) is 6.04 Å². The van der Waals surface area contributed by atoms with Crippen LogP contribution < -0.4 is 5.32 Å². The van der Waals surface area contributed by atoms with Crippen molar-refractivity contribution in [2.75, 3.05) is 13.7 Å². The summed E-state index contributed by atoms with van der Waals surface area (Å²) in [5.41, 5.74) is 0. The van der Waals surface area contributed by atoms with Crippen molar-refractivity contribution >= 4 is 5.91 Å². The molecule has 1 aliphatic rings. The molecule has 1 saturated carbocycles. The van der Waals surface area contributed by atoms with Gasteiger partial charge in [-0.1, -0.05) is 6.92 Å². The Morgan fingerprint density at radius 3 is 2.73 bits per heavy atom. The van der Waals surface area contributed by atoms with E-state index in [0.717, 1.165) is 18.8 Å². The number of ether oxygens (including phenoxy) is 1. The zero-order valence-corrected chi connectivity index (χ0v) is 7.09. The highest BCUT2D eigenvalue weighted by Crippen LogP contribution is 2.25. The predicted octanol–water partition coefficient (Wildman–Crippen LogP) is 0.547. The molecule has 3 nitrogen and oxygen atoms in total. The quantitative estimate of drug-likeness (QED) is 0.649. The van der Waals surface area contributed by atoms with Gasteiger partial charge in [0.2, 0.25) is 5.91 Å². The van der Waals surface area contributed by atoms with E-state index in [1.807, 2.05) is 0 Å². The van der Waals surface area contributed by atoms with Gasteiger partial charge in [-0.25, -0.2) is 0 Å². The van der Waals surface area contributed by atoms with E-state index in [2.05, 4.69) is 17.0 Å². The van der Waals surface area contributed by atoms with Crippen molar-refractivity contribution in [1.82, 2.24) is 5.32 Å². The minimum absolute atomic E-state index is 0.00407. The van der Waals surface area contributed by atoms with Gasteiger partial charge in [0.25, 0.3) is 0 Å². The number of nitrogens with one attached hydrogen (secondary N) is 1. The number of hydrogen-bond donors (Lipinski definition) is 1. The van der Waals surface area contributed by atoms with Gasteiger partial charge < -0.3 is 10.1 Å². The summed E-state index contributed by atoms with van der Waals surface area (Å²) in [7, 11) is 1.53. The van der Waals surface area contributed by atoms with Crippen LogP contribution in [0.25, 0.3) is 0 Å². The predicted molar refractivity (Wildman–Crippen MR) is 42.2 cm³/mol. The van der Waals surface area contributed by atoms with E-state index in [-0.39, 0.29) is 12.5 Å². The van der Waals surface area contributed by atoms with Crippen LogP contribution in [-0.4, -0.2) is 25.7 Å². The molecule has 11 heavy (non-hydrogen) atoms. The lowest BCUT2D eigenvalue weighted by Crippen LogP contribution is -2.44. The molecule has 0 unspecified atom stereocenters. The third-order valence-electron chi connectivity index (χ3n) is 2.01. The standard InChI is InChI=1S/C8H15NO2/c1-6-3-7(4-6)9-8(10)5-11-2/h6-7H,3-5H2,1-2H3,(H,9,10). The van der Waals surface area contributed by atoms with Gasteiger partial charge in [0.05, 0.1) is 0 Å². The lowest BCUT2D eigenvalue weighted by Gasteiger charge is -2.33. The Kier molecular flexibility index (Phi) is 2.88. The Balaban J connectivity index is 2.07. The van der Waals surface area contributed by atoms with E-state index in [9.17, 15) is 4.79 Å². The second-order valence-electron chi connectivity index (χ2n) is 3.27. The normalized spacial score (nSPS) is 29.3. The van der Waals surface area contributed by atoms with Gasteiger partial charge in [0.1, 0.15) is 6.61 Å². The fraction of sp³-hybridized carbons (Fsp3) is 0.875. The zero-order chi connectivity index (χ0) is 8.27. The maximum Gasteiger partial charge on any atom is 0.246 e. The van der Waals surface area contributed by atoms with Crippen molar-refractivity contribution in [1.29, 1.82) is 0 Å². The largest absolute Gasteiger partial charge is 0.375 e. The molecule has 1 fully saturated rings. The fourth-order valence-electron chi connectivity index (χ4n) is 1.42. The first-order chi connectivity index (χ1) is 5.22. The van der Waals surface area contributed by atoms with Crippen LogP contribution in [0, 0.1) is 5.92 Å². The van der Waals surface area contributed by atoms with Gasteiger partial charge in [-0.05, 0) is 18.8 Å². The fourth-order valence-corrected chi connectivity index (χ4v) is 1.42. The van der Waals surface area contributed by atoms with Crippen LogP contribution in [-0.2, 0) is 9.53 Å². The molecule has 3 heteroatoms. The average Bonchev–Trinajstić information content (AvgIpc) is 1.85. The van der Waals surface area contributed by atoms with Gasteiger partial charge in [-0.2, -0.15) is 0 Å². The topological polar surface area (TPSA) is 38.3 Å². The Morgan fingerprint density at radius 2 is 2.27 bits per heavy atom. The number of carbonyl (C=O) groups excluding carboxylic acids is 1. The molecule has 0 atom stereocenters. The molecular formula is C8H15NO2. The number of methoxy groups -OCH3 is 1. The van der Waals surface area contributed by atoms with Crippen molar-refractivity contribution in [2.45, 2.75) is 25.8 Å². The number of rotatable bonds is 3. The summed E-state index contributed by atoms with van der Waals surface area (Å²) in [5.74, 6) is 0.784. The van der Waals surface area contributed by atoms with Crippen LogP contribution in [0.2, 0.25) is 0 Å². The smallest absolute Gasteiger partial charge is 0.246 e. The molecule has 64 valence electrons. The Labute approximate surface area is 67.1 Å². The highest BCUT2D eigenvalue weighted by molar-refractivity contribution is 5.77. The summed E-state index contributed by atoms with van der Waals surface area (Å²) in [4.78, 5) is 10.9. The van der Waals surface area contributed by atoms with E-state index in [1.54, 1.807) is 0 Å². The van der Waals surface area contributed by atoms with E-state index >= 15 is 0 Å². The molecule has 0 spiro atoms. The van der Waals surface area contributed by atoms with Gasteiger partial charge >= 0.3 is 0 Å². The minimum Gasteiger partial charge on any atom is -0.375 e. The SMILES string of the molecule is COCC(=O)NC1CC(C)C1. The molecule has 0 aromatic heterocycles. The van der Waals surface area contributed by atoms with E-state index < -0.39 is 0 Å². The van der Waals surface area contributed by atoms with Gasteiger partial charge in [-0.15, -0.1) is 0 Å². The first kappa shape index (κ1) is 8.53. The summed E-state index contributed by atoms with van der Waals surface area (Å²) < 4.78 is 4.69. The molecule has 0 aromatic rings. The maximum absolute atomic E-state index is 10.9. The third kappa shape index (κ3) is 2.50. The van der Waals surface area contributed by atoms with Crippen molar-refractivity contribution < 1.29 is 9.53 Å². The van der Waals surface area contributed by atoms with Gasteiger partial charge in [0.15, 0.2) is 0 Å². The van der Waals surface area contributed by atoms with Gasteiger partial charge in [0, 0.05) is 13.2 Å². The third-order valence-corrected chi connectivity index (χ3v) is 2.01. The minimum atomic E-state index is 0.00407.